The summed E-state index contributed by atoms with van der Waals surface area (Å²) in [4.78, 5) is 13.0. The summed E-state index contributed by atoms with van der Waals surface area (Å²) in [5.41, 5.74) is 0.526. The standard InChI is InChI=1S/C13H17NO3/c1-10-3-5-11(6-4-10)14-8-2-7-13(17,9-14)12(15)16/h3-6,17H,2,7-9H2,1H3,(H,15,16). The van der Waals surface area contributed by atoms with E-state index >= 15 is 0 Å². The number of piperidine rings is 1. The van der Waals surface area contributed by atoms with Crippen molar-refractivity contribution in [3.05, 3.63) is 29.8 Å². The number of anilines is 1. The molecular weight excluding hydrogens is 218 g/mol. The van der Waals surface area contributed by atoms with Crippen LogP contribution >= 0.6 is 0 Å². The van der Waals surface area contributed by atoms with E-state index in [-0.39, 0.29) is 6.54 Å². The van der Waals surface area contributed by atoms with Crippen LogP contribution in [0.5, 0.6) is 0 Å². The number of aliphatic hydroxyl groups is 1. The molecule has 0 aromatic heterocycles. The maximum Gasteiger partial charge on any atom is 0.337 e. The average molecular weight is 235 g/mol. The second kappa shape index (κ2) is 4.37. The molecule has 4 nitrogen and oxygen atoms in total. The van der Waals surface area contributed by atoms with Crippen LogP contribution in [-0.4, -0.2) is 34.9 Å². The Balaban J connectivity index is 2.17. The molecule has 0 amide bonds. The Morgan fingerprint density at radius 1 is 1.35 bits per heavy atom. The van der Waals surface area contributed by atoms with E-state index in [1.54, 1.807) is 0 Å². The lowest BCUT2D eigenvalue weighted by molar-refractivity contribution is -0.159. The fraction of sp³-hybridized carbons (Fsp3) is 0.462. The van der Waals surface area contributed by atoms with Crippen molar-refractivity contribution >= 4 is 11.7 Å². The second-order valence-electron chi connectivity index (χ2n) is 4.70. The van der Waals surface area contributed by atoms with Gasteiger partial charge >= 0.3 is 5.97 Å². The first-order valence-corrected chi connectivity index (χ1v) is 5.79. The van der Waals surface area contributed by atoms with E-state index in [1.807, 2.05) is 36.1 Å². The van der Waals surface area contributed by atoms with E-state index in [1.165, 1.54) is 5.56 Å². The van der Waals surface area contributed by atoms with Crippen molar-refractivity contribution in [3.63, 3.8) is 0 Å². The molecule has 1 unspecified atom stereocenters. The molecule has 1 aliphatic heterocycles. The predicted octanol–water partition coefficient (Wildman–Crippen LogP) is 1.41. The van der Waals surface area contributed by atoms with Gasteiger partial charge in [0.25, 0.3) is 0 Å². The van der Waals surface area contributed by atoms with Crippen molar-refractivity contribution in [2.75, 3.05) is 18.0 Å². The largest absolute Gasteiger partial charge is 0.479 e. The number of hydrogen-bond donors (Lipinski definition) is 2. The Kier molecular flexibility index (Phi) is 3.07. The van der Waals surface area contributed by atoms with Crippen LogP contribution in [0.2, 0.25) is 0 Å². The Morgan fingerprint density at radius 2 is 2.00 bits per heavy atom. The quantitative estimate of drug-likeness (QED) is 0.813. The third-order valence-electron chi connectivity index (χ3n) is 3.27. The van der Waals surface area contributed by atoms with Crippen LogP contribution in [-0.2, 0) is 4.79 Å². The summed E-state index contributed by atoms with van der Waals surface area (Å²) >= 11 is 0. The highest BCUT2D eigenvalue weighted by Gasteiger charge is 2.40. The zero-order chi connectivity index (χ0) is 12.5. The molecule has 2 rings (SSSR count). The van der Waals surface area contributed by atoms with Crippen molar-refractivity contribution < 1.29 is 15.0 Å². The van der Waals surface area contributed by atoms with E-state index < -0.39 is 11.6 Å². The molecule has 0 spiro atoms. The van der Waals surface area contributed by atoms with E-state index in [0.29, 0.717) is 12.8 Å². The van der Waals surface area contributed by atoms with Crippen LogP contribution in [0.15, 0.2) is 24.3 Å². The molecule has 0 aliphatic carbocycles. The van der Waals surface area contributed by atoms with Gasteiger partial charge < -0.3 is 15.1 Å². The molecule has 0 radical (unpaired) electrons. The van der Waals surface area contributed by atoms with E-state index in [4.69, 9.17) is 5.11 Å². The highest BCUT2D eigenvalue weighted by molar-refractivity contribution is 5.78. The van der Waals surface area contributed by atoms with Gasteiger partial charge in [0, 0.05) is 12.2 Å². The van der Waals surface area contributed by atoms with Gasteiger partial charge in [0.1, 0.15) is 0 Å². The maximum absolute atomic E-state index is 11.0. The summed E-state index contributed by atoms with van der Waals surface area (Å²) in [6.07, 6.45) is 1.02. The fourth-order valence-corrected chi connectivity index (χ4v) is 2.19. The molecule has 1 aromatic carbocycles. The zero-order valence-electron chi connectivity index (χ0n) is 9.89. The zero-order valence-corrected chi connectivity index (χ0v) is 9.89. The number of hydrogen-bond acceptors (Lipinski definition) is 3. The van der Waals surface area contributed by atoms with E-state index in [9.17, 15) is 9.90 Å². The number of aliphatic carboxylic acids is 1. The molecule has 0 saturated carbocycles. The molecule has 1 aliphatic rings. The minimum absolute atomic E-state index is 0.158. The summed E-state index contributed by atoms with van der Waals surface area (Å²) in [6, 6.07) is 7.90. The Labute approximate surface area is 100 Å². The van der Waals surface area contributed by atoms with Gasteiger partial charge in [-0.15, -0.1) is 0 Å². The lowest BCUT2D eigenvalue weighted by Gasteiger charge is -2.37. The fourth-order valence-electron chi connectivity index (χ4n) is 2.19. The number of benzene rings is 1. The van der Waals surface area contributed by atoms with Crippen LogP contribution in [0.1, 0.15) is 18.4 Å². The minimum atomic E-state index is -1.61. The third-order valence-corrected chi connectivity index (χ3v) is 3.27. The summed E-state index contributed by atoms with van der Waals surface area (Å²) < 4.78 is 0. The molecule has 1 fully saturated rings. The van der Waals surface area contributed by atoms with Crippen molar-refractivity contribution in [2.45, 2.75) is 25.4 Å². The molecule has 0 bridgehead atoms. The predicted molar refractivity (Wildman–Crippen MR) is 65.2 cm³/mol. The lowest BCUT2D eigenvalue weighted by Crippen LogP contribution is -2.53. The van der Waals surface area contributed by atoms with Gasteiger partial charge in [-0.3, -0.25) is 0 Å². The third kappa shape index (κ3) is 2.42. The van der Waals surface area contributed by atoms with Crippen molar-refractivity contribution in [1.82, 2.24) is 0 Å². The normalized spacial score (nSPS) is 24.7. The van der Waals surface area contributed by atoms with Crippen LogP contribution in [0, 0.1) is 6.92 Å². The topological polar surface area (TPSA) is 60.8 Å². The number of carboxylic acids is 1. The average Bonchev–Trinajstić information content (AvgIpc) is 2.30. The van der Waals surface area contributed by atoms with Crippen molar-refractivity contribution in [3.8, 4) is 0 Å². The van der Waals surface area contributed by atoms with Gasteiger partial charge in [0.05, 0.1) is 6.54 Å². The Bertz CT molecular complexity index is 415. The van der Waals surface area contributed by atoms with Crippen LogP contribution in [0.3, 0.4) is 0 Å². The molecule has 17 heavy (non-hydrogen) atoms. The van der Waals surface area contributed by atoms with Crippen LogP contribution < -0.4 is 4.90 Å². The SMILES string of the molecule is Cc1ccc(N2CCCC(O)(C(=O)O)C2)cc1. The number of rotatable bonds is 2. The van der Waals surface area contributed by atoms with Gasteiger partial charge in [-0.05, 0) is 31.9 Å². The molecule has 1 heterocycles. The molecule has 1 aromatic rings. The van der Waals surface area contributed by atoms with E-state index in [2.05, 4.69) is 0 Å². The van der Waals surface area contributed by atoms with Gasteiger partial charge in [0.15, 0.2) is 5.60 Å². The smallest absolute Gasteiger partial charge is 0.337 e. The minimum Gasteiger partial charge on any atom is -0.479 e. The molecular formula is C13H17NO3. The number of nitrogens with zero attached hydrogens (tertiary/aromatic N) is 1. The lowest BCUT2D eigenvalue weighted by atomic mass is 9.92. The highest BCUT2D eigenvalue weighted by Crippen LogP contribution is 2.26. The number of β-amino-alcohol motifs (C(OH)–C–C–N with tert-alkyl or cyclic N) is 1. The summed E-state index contributed by atoms with van der Waals surface area (Å²) in [5.74, 6) is -1.13. The first kappa shape index (κ1) is 11.9. The number of aryl methyl sites for hydroxylation is 1. The maximum atomic E-state index is 11.0. The summed E-state index contributed by atoms with van der Waals surface area (Å²) in [6.45, 7) is 2.96. The monoisotopic (exact) mass is 235 g/mol. The van der Waals surface area contributed by atoms with Gasteiger partial charge in [-0.2, -0.15) is 0 Å². The molecule has 2 N–H and O–H groups in total. The van der Waals surface area contributed by atoms with Gasteiger partial charge in [-0.1, -0.05) is 17.7 Å². The number of carbonyl (C=O) groups is 1. The molecule has 1 saturated heterocycles. The van der Waals surface area contributed by atoms with Crippen LogP contribution in [0.25, 0.3) is 0 Å². The first-order valence-electron chi connectivity index (χ1n) is 5.79. The van der Waals surface area contributed by atoms with Crippen molar-refractivity contribution in [2.24, 2.45) is 0 Å². The first-order chi connectivity index (χ1) is 8.01. The van der Waals surface area contributed by atoms with Gasteiger partial charge in [-0.25, -0.2) is 4.79 Å². The summed E-state index contributed by atoms with van der Waals surface area (Å²) in [7, 11) is 0. The van der Waals surface area contributed by atoms with Crippen LogP contribution in [0.4, 0.5) is 5.69 Å². The molecule has 92 valence electrons. The molecule has 4 heteroatoms. The second-order valence-corrected chi connectivity index (χ2v) is 4.70. The highest BCUT2D eigenvalue weighted by atomic mass is 16.4. The Morgan fingerprint density at radius 3 is 2.59 bits per heavy atom. The van der Waals surface area contributed by atoms with E-state index in [0.717, 1.165) is 12.2 Å². The summed E-state index contributed by atoms with van der Waals surface area (Å²) in [5, 5.41) is 19.0. The molecule has 1 atom stereocenters. The van der Waals surface area contributed by atoms with Crippen molar-refractivity contribution in [1.29, 1.82) is 0 Å². The van der Waals surface area contributed by atoms with Gasteiger partial charge in [0.2, 0.25) is 0 Å². The Hall–Kier alpha value is -1.55. The number of carboxylic acid groups (broad SMARTS) is 1.